The molecule has 6 heteroatoms. The van der Waals surface area contributed by atoms with Gasteiger partial charge in [0.15, 0.2) is 0 Å². The van der Waals surface area contributed by atoms with Crippen molar-refractivity contribution >= 4 is 12.0 Å². The van der Waals surface area contributed by atoms with Gasteiger partial charge in [0.25, 0.3) is 0 Å². The molecule has 174 valence electrons. The van der Waals surface area contributed by atoms with E-state index < -0.39 is 11.7 Å². The van der Waals surface area contributed by atoms with Gasteiger partial charge < -0.3 is 15.4 Å². The monoisotopic (exact) mass is 431 g/mol. The summed E-state index contributed by atoms with van der Waals surface area (Å²) in [4.78, 5) is 27.2. The number of rotatable bonds is 10. The lowest BCUT2D eigenvalue weighted by Gasteiger charge is -2.31. The number of alkyl carbamates (subject to hydrolysis) is 1. The van der Waals surface area contributed by atoms with Gasteiger partial charge in [0.05, 0.1) is 6.04 Å². The van der Waals surface area contributed by atoms with Gasteiger partial charge in [-0.1, -0.05) is 44.2 Å². The van der Waals surface area contributed by atoms with Crippen LogP contribution in [-0.4, -0.2) is 54.2 Å². The summed E-state index contributed by atoms with van der Waals surface area (Å²) in [6, 6.07) is 10.3. The standard InChI is InChI=1S/C25H41N3O3/c1-19(2)21(27-24(30)31-25(3,4)5)18-28-17-11-15-22(28)23(29)26-16-10-9-14-20-12-7-6-8-13-20/h6-8,12-13,19,21-22H,9-11,14-18H2,1-5H3,(H,26,29)(H,27,30)/t21-,22-/m0/s1. The first-order valence-corrected chi connectivity index (χ1v) is 11.7. The van der Waals surface area contributed by atoms with Crippen molar-refractivity contribution in [3.8, 4) is 0 Å². The van der Waals surface area contributed by atoms with Crippen LogP contribution in [0.3, 0.4) is 0 Å². The lowest BCUT2D eigenvalue weighted by molar-refractivity contribution is -0.125. The highest BCUT2D eigenvalue weighted by Gasteiger charge is 2.33. The van der Waals surface area contributed by atoms with E-state index in [2.05, 4.69) is 53.6 Å². The van der Waals surface area contributed by atoms with Crippen molar-refractivity contribution in [3.05, 3.63) is 35.9 Å². The number of hydrogen-bond donors (Lipinski definition) is 2. The molecule has 1 aromatic carbocycles. The van der Waals surface area contributed by atoms with Crippen LogP contribution in [-0.2, 0) is 16.0 Å². The first kappa shape index (κ1) is 25.2. The number of hydrogen-bond acceptors (Lipinski definition) is 4. The Morgan fingerprint density at radius 2 is 1.87 bits per heavy atom. The lowest BCUT2D eigenvalue weighted by atomic mass is 10.0. The maximum Gasteiger partial charge on any atom is 0.407 e. The van der Waals surface area contributed by atoms with E-state index in [1.807, 2.05) is 26.8 Å². The second kappa shape index (κ2) is 12.1. The van der Waals surface area contributed by atoms with Crippen molar-refractivity contribution in [2.24, 2.45) is 5.92 Å². The van der Waals surface area contributed by atoms with Crippen molar-refractivity contribution in [3.63, 3.8) is 0 Å². The number of ether oxygens (including phenoxy) is 1. The molecular weight excluding hydrogens is 390 g/mol. The minimum Gasteiger partial charge on any atom is -0.444 e. The summed E-state index contributed by atoms with van der Waals surface area (Å²) in [5.41, 5.74) is 0.815. The van der Waals surface area contributed by atoms with Crippen LogP contribution in [0.1, 0.15) is 65.9 Å². The molecule has 0 radical (unpaired) electrons. The molecule has 0 saturated carbocycles. The van der Waals surface area contributed by atoms with Crippen LogP contribution >= 0.6 is 0 Å². The summed E-state index contributed by atoms with van der Waals surface area (Å²) in [5.74, 6) is 0.354. The zero-order valence-electron chi connectivity index (χ0n) is 19.9. The largest absolute Gasteiger partial charge is 0.444 e. The van der Waals surface area contributed by atoms with E-state index in [1.54, 1.807) is 0 Å². The maximum absolute atomic E-state index is 12.8. The minimum absolute atomic E-state index is 0.0610. The number of carbonyl (C=O) groups is 2. The number of carbonyl (C=O) groups excluding carboxylic acids is 2. The molecule has 31 heavy (non-hydrogen) atoms. The summed E-state index contributed by atoms with van der Waals surface area (Å²) in [5, 5.41) is 6.12. The van der Waals surface area contributed by atoms with Crippen molar-refractivity contribution in [2.75, 3.05) is 19.6 Å². The molecule has 6 nitrogen and oxygen atoms in total. The fourth-order valence-corrected chi connectivity index (χ4v) is 3.90. The van der Waals surface area contributed by atoms with Crippen LogP contribution in [0, 0.1) is 5.92 Å². The minimum atomic E-state index is -0.526. The molecular formula is C25H41N3O3. The average Bonchev–Trinajstić information content (AvgIpc) is 3.14. The lowest BCUT2D eigenvalue weighted by Crippen LogP contribution is -2.52. The average molecular weight is 432 g/mol. The van der Waals surface area contributed by atoms with Gasteiger partial charge in [-0.15, -0.1) is 0 Å². The zero-order chi connectivity index (χ0) is 22.9. The molecule has 0 spiro atoms. The topological polar surface area (TPSA) is 70.7 Å². The van der Waals surface area contributed by atoms with Crippen LogP contribution in [0.25, 0.3) is 0 Å². The third-order valence-electron chi connectivity index (χ3n) is 5.64. The maximum atomic E-state index is 12.8. The van der Waals surface area contributed by atoms with E-state index in [9.17, 15) is 9.59 Å². The normalized spacial score (nSPS) is 18.1. The summed E-state index contributed by atoms with van der Waals surface area (Å²) < 4.78 is 5.42. The van der Waals surface area contributed by atoms with Crippen molar-refractivity contribution in [1.29, 1.82) is 0 Å². The molecule has 1 aliphatic heterocycles. The third kappa shape index (κ3) is 9.30. The summed E-state index contributed by atoms with van der Waals surface area (Å²) in [6.45, 7) is 12.0. The molecule has 2 N–H and O–H groups in total. The Hall–Kier alpha value is -2.08. The highest BCUT2D eigenvalue weighted by atomic mass is 16.6. The van der Waals surface area contributed by atoms with Crippen LogP contribution in [0.5, 0.6) is 0 Å². The van der Waals surface area contributed by atoms with Crippen LogP contribution in [0.2, 0.25) is 0 Å². The van der Waals surface area contributed by atoms with E-state index >= 15 is 0 Å². The van der Waals surface area contributed by atoms with Crippen molar-refractivity contribution in [1.82, 2.24) is 15.5 Å². The number of nitrogens with zero attached hydrogens (tertiary/aromatic N) is 1. The summed E-state index contributed by atoms with van der Waals surface area (Å²) >= 11 is 0. The van der Waals surface area contributed by atoms with E-state index in [-0.39, 0.29) is 23.9 Å². The number of aryl methyl sites for hydroxylation is 1. The molecule has 0 unspecified atom stereocenters. The molecule has 1 heterocycles. The molecule has 1 aromatic rings. The first-order chi connectivity index (χ1) is 14.7. The molecule has 1 fully saturated rings. The highest BCUT2D eigenvalue weighted by molar-refractivity contribution is 5.82. The number of amides is 2. The van der Waals surface area contributed by atoms with Gasteiger partial charge in [0.1, 0.15) is 5.60 Å². The van der Waals surface area contributed by atoms with Crippen molar-refractivity contribution < 1.29 is 14.3 Å². The Balaban J connectivity index is 1.77. The van der Waals surface area contributed by atoms with E-state index in [0.29, 0.717) is 13.1 Å². The Kier molecular flexibility index (Phi) is 9.82. The number of likely N-dealkylation sites (tertiary alicyclic amines) is 1. The third-order valence-corrected chi connectivity index (χ3v) is 5.64. The van der Waals surface area contributed by atoms with E-state index in [4.69, 9.17) is 4.74 Å². The Morgan fingerprint density at radius 3 is 2.52 bits per heavy atom. The summed E-state index contributed by atoms with van der Waals surface area (Å²) in [7, 11) is 0. The molecule has 1 aliphatic rings. The number of unbranched alkanes of at least 4 members (excludes halogenated alkanes) is 1. The number of nitrogens with one attached hydrogen (secondary N) is 2. The van der Waals surface area contributed by atoms with Gasteiger partial charge in [-0.25, -0.2) is 4.79 Å². The van der Waals surface area contributed by atoms with Gasteiger partial charge in [-0.2, -0.15) is 0 Å². The fraction of sp³-hybridized carbons (Fsp3) is 0.680. The molecule has 0 aliphatic carbocycles. The SMILES string of the molecule is CC(C)[C@H](CN1CCC[C@H]1C(=O)NCCCCc1ccccc1)NC(=O)OC(C)(C)C. The Labute approximate surface area is 188 Å². The molecule has 2 rings (SSSR count). The first-order valence-electron chi connectivity index (χ1n) is 11.7. The Bertz CT molecular complexity index is 685. The second-order valence-electron chi connectivity index (χ2n) is 9.88. The van der Waals surface area contributed by atoms with Crippen LogP contribution in [0.15, 0.2) is 30.3 Å². The molecule has 2 amide bonds. The smallest absolute Gasteiger partial charge is 0.407 e. The zero-order valence-corrected chi connectivity index (χ0v) is 19.9. The predicted molar refractivity (Wildman–Crippen MR) is 125 cm³/mol. The second-order valence-corrected chi connectivity index (χ2v) is 9.88. The quantitative estimate of drug-likeness (QED) is 0.546. The summed E-state index contributed by atoms with van der Waals surface area (Å²) in [6.07, 6.45) is 4.55. The van der Waals surface area contributed by atoms with Crippen LogP contribution < -0.4 is 10.6 Å². The Morgan fingerprint density at radius 1 is 1.16 bits per heavy atom. The fourth-order valence-electron chi connectivity index (χ4n) is 3.90. The van der Waals surface area contributed by atoms with E-state index in [1.165, 1.54) is 5.56 Å². The number of benzene rings is 1. The predicted octanol–water partition coefficient (Wildman–Crippen LogP) is 4.14. The van der Waals surface area contributed by atoms with Crippen LogP contribution in [0.4, 0.5) is 4.79 Å². The van der Waals surface area contributed by atoms with Gasteiger partial charge in [0.2, 0.25) is 5.91 Å². The highest BCUT2D eigenvalue weighted by Crippen LogP contribution is 2.20. The van der Waals surface area contributed by atoms with Gasteiger partial charge >= 0.3 is 6.09 Å². The molecule has 0 bridgehead atoms. The van der Waals surface area contributed by atoms with Gasteiger partial charge in [-0.05, 0) is 70.9 Å². The van der Waals surface area contributed by atoms with Gasteiger partial charge in [0, 0.05) is 19.1 Å². The molecule has 1 saturated heterocycles. The van der Waals surface area contributed by atoms with E-state index in [0.717, 1.165) is 38.6 Å². The van der Waals surface area contributed by atoms with Crippen molar-refractivity contribution in [2.45, 2.75) is 84.4 Å². The molecule has 2 atom stereocenters. The van der Waals surface area contributed by atoms with Gasteiger partial charge in [-0.3, -0.25) is 9.69 Å². The molecule has 0 aromatic heterocycles.